The number of nitro groups is 1. The average molecular weight is 362 g/mol. The van der Waals surface area contributed by atoms with Crippen molar-refractivity contribution in [3.05, 3.63) is 55.9 Å². The van der Waals surface area contributed by atoms with E-state index < -0.39 is 16.8 Å². The predicted octanol–water partition coefficient (Wildman–Crippen LogP) is 3.96. The number of esters is 1. The molecule has 25 heavy (non-hydrogen) atoms. The summed E-state index contributed by atoms with van der Waals surface area (Å²) in [4.78, 5) is 35.9. The number of hydrogen-bond donors (Lipinski definition) is 1. The summed E-state index contributed by atoms with van der Waals surface area (Å²) in [5, 5.41) is 14.0. The molecular formula is C17H18N2O5S. The van der Waals surface area contributed by atoms with Crippen LogP contribution < -0.4 is 5.32 Å². The first-order chi connectivity index (χ1) is 11.9. The number of carbonyl (C=O) groups is 2. The van der Waals surface area contributed by atoms with Gasteiger partial charge >= 0.3 is 5.97 Å². The van der Waals surface area contributed by atoms with Crippen LogP contribution in [-0.2, 0) is 11.2 Å². The Labute approximate surface area is 148 Å². The van der Waals surface area contributed by atoms with Crippen molar-refractivity contribution in [3.8, 4) is 0 Å². The number of carbonyl (C=O) groups excluding carboxylic acids is 2. The molecule has 0 unspecified atom stereocenters. The standard InChI is InChI=1S/C17H18N2O5S/c1-4-12-9-14(17(21)24-5-2)16(25-12)18-15(20)13-8-11(19(22)23)7-6-10(13)3/h6-9H,4-5H2,1-3H3,(H,18,20). The first-order valence-corrected chi connectivity index (χ1v) is 8.55. The molecule has 1 aromatic heterocycles. The van der Waals surface area contributed by atoms with E-state index >= 15 is 0 Å². The molecule has 0 saturated carbocycles. The molecule has 1 N–H and O–H groups in total. The van der Waals surface area contributed by atoms with Gasteiger partial charge in [0, 0.05) is 22.6 Å². The molecule has 1 heterocycles. The second-order valence-electron chi connectivity index (χ2n) is 5.24. The summed E-state index contributed by atoms with van der Waals surface area (Å²) in [6.07, 6.45) is 0.711. The number of nitrogens with one attached hydrogen (secondary N) is 1. The lowest BCUT2D eigenvalue weighted by Gasteiger charge is -2.08. The summed E-state index contributed by atoms with van der Waals surface area (Å²) < 4.78 is 5.02. The van der Waals surface area contributed by atoms with Crippen molar-refractivity contribution in [2.45, 2.75) is 27.2 Å². The van der Waals surface area contributed by atoms with Crippen LogP contribution in [-0.4, -0.2) is 23.4 Å². The smallest absolute Gasteiger partial charge is 0.341 e. The molecular weight excluding hydrogens is 344 g/mol. The summed E-state index contributed by atoms with van der Waals surface area (Å²) in [5.74, 6) is -1.01. The molecule has 0 aliphatic rings. The predicted molar refractivity (Wildman–Crippen MR) is 95.4 cm³/mol. The van der Waals surface area contributed by atoms with E-state index in [9.17, 15) is 19.7 Å². The lowest BCUT2D eigenvalue weighted by molar-refractivity contribution is -0.384. The van der Waals surface area contributed by atoms with Crippen molar-refractivity contribution in [3.63, 3.8) is 0 Å². The van der Waals surface area contributed by atoms with Crippen LogP contribution >= 0.6 is 11.3 Å². The number of benzene rings is 1. The summed E-state index contributed by atoms with van der Waals surface area (Å²) in [6, 6.07) is 5.78. The number of nitro benzene ring substituents is 1. The third-order valence-electron chi connectivity index (χ3n) is 3.53. The topological polar surface area (TPSA) is 98.5 Å². The second-order valence-corrected chi connectivity index (χ2v) is 6.38. The largest absolute Gasteiger partial charge is 0.462 e. The van der Waals surface area contributed by atoms with E-state index in [1.165, 1.54) is 29.5 Å². The fourth-order valence-electron chi connectivity index (χ4n) is 2.21. The molecule has 7 nitrogen and oxygen atoms in total. The maximum Gasteiger partial charge on any atom is 0.341 e. The second kappa shape index (κ2) is 7.89. The van der Waals surface area contributed by atoms with E-state index in [2.05, 4.69) is 5.32 Å². The minimum Gasteiger partial charge on any atom is -0.462 e. The number of amides is 1. The van der Waals surface area contributed by atoms with Gasteiger partial charge in [-0.2, -0.15) is 0 Å². The zero-order valence-electron chi connectivity index (χ0n) is 14.1. The summed E-state index contributed by atoms with van der Waals surface area (Å²) in [6.45, 7) is 5.57. The van der Waals surface area contributed by atoms with Crippen molar-refractivity contribution in [1.82, 2.24) is 0 Å². The van der Waals surface area contributed by atoms with E-state index in [1.54, 1.807) is 19.9 Å². The highest BCUT2D eigenvalue weighted by atomic mass is 32.1. The SMILES string of the molecule is CCOC(=O)c1cc(CC)sc1NC(=O)c1cc([N+](=O)[O-])ccc1C. The zero-order valence-corrected chi connectivity index (χ0v) is 14.9. The average Bonchev–Trinajstić information content (AvgIpc) is 2.98. The van der Waals surface area contributed by atoms with E-state index in [-0.39, 0.29) is 17.9 Å². The highest BCUT2D eigenvalue weighted by Crippen LogP contribution is 2.30. The van der Waals surface area contributed by atoms with Crippen LogP contribution in [0.1, 0.15) is 45.0 Å². The van der Waals surface area contributed by atoms with Gasteiger partial charge in [0.05, 0.1) is 17.1 Å². The van der Waals surface area contributed by atoms with Gasteiger partial charge in [-0.3, -0.25) is 14.9 Å². The van der Waals surface area contributed by atoms with Gasteiger partial charge in [-0.1, -0.05) is 13.0 Å². The minimum absolute atomic E-state index is 0.165. The number of thiophene rings is 1. The monoisotopic (exact) mass is 362 g/mol. The summed E-state index contributed by atoms with van der Waals surface area (Å²) in [5.41, 5.74) is 0.922. The highest BCUT2D eigenvalue weighted by Gasteiger charge is 2.21. The first-order valence-electron chi connectivity index (χ1n) is 7.73. The fraction of sp³-hybridized carbons (Fsp3) is 0.294. The molecule has 0 aliphatic carbocycles. The molecule has 2 aromatic rings. The Bertz CT molecular complexity index is 828. The van der Waals surface area contributed by atoms with Crippen LogP contribution in [0.15, 0.2) is 24.3 Å². The minimum atomic E-state index is -0.555. The van der Waals surface area contributed by atoms with Crippen molar-refractivity contribution in [2.24, 2.45) is 0 Å². The molecule has 0 aliphatic heterocycles. The van der Waals surface area contributed by atoms with Gasteiger partial charge in [0.1, 0.15) is 5.00 Å². The van der Waals surface area contributed by atoms with Gasteiger partial charge in [-0.25, -0.2) is 4.79 Å². The number of anilines is 1. The van der Waals surface area contributed by atoms with E-state index in [1.807, 2.05) is 6.92 Å². The molecule has 0 bridgehead atoms. The van der Waals surface area contributed by atoms with Crippen molar-refractivity contribution in [2.75, 3.05) is 11.9 Å². The van der Waals surface area contributed by atoms with Crippen LogP contribution in [0.3, 0.4) is 0 Å². The maximum atomic E-state index is 12.6. The van der Waals surface area contributed by atoms with Crippen LogP contribution in [0.5, 0.6) is 0 Å². The Kier molecular flexibility index (Phi) is 5.87. The molecule has 132 valence electrons. The Morgan fingerprint density at radius 1 is 1.24 bits per heavy atom. The van der Waals surface area contributed by atoms with Gasteiger partial charge in [0.25, 0.3) is 11.6 Å². The molecule has 0 spiro atoms. The lowest BCUT2D eigenvalue weighted by atomic mass is 10.1. The van der Waals surface area contributed by atoms with E-state index in [0.717, 1.165) is 4.88 Å². The molecule has 2 rings (SSSR count). The molecule has 8 heteroatoms. The molecule has 0 atom stereocenters. The van der Waals surface area contributed by atoms with E-state index in [0.29, 0.717) is 22.5 Å². The summed E-state index contributed by atoms with van der Waals surface area (Å²) in [7, 11) is 0. The highest BCUT2D eigenvalue weighted by molar-refractivity contribution is 7.16. The maximum absolute atomic E-state index is 12.6. The number of hydrogen-bond acceptors (Lipinski definition) is 6. The Morgan fingerprint density at radius 2 is 1.96 bits per heavy atom. The van der Waals surface area contributed by atoms with Crippen molar-refractivity contribution < 1.29 is 19.2 Å². The number of non-ortho nitro benzene ring substituents is 1. The van der Waals surface area contributed by atoms with Crippen LogP contribution in [0.4, 0.5) is 10.7 Å². The Hall–Kier alpha value is -2.74. The molecule has 0 saturated heterocycles. The van der Waals surface area contributed by atoms with Gasteiger partial charge < -0.3 is 10.1 Å². The number of rotatable bonds is 6. The zero-order chi connectivity index (χ0) is 18.6. The molecule has 0 fully saturated rings. The molecule has 1 aromatic carbocycles. The third kappa shape index (κ3) is 4.21. The first kappa shape index (κ1) is 18.6. The summed E-state index contributed by atoms with van der Waals surface area (Å²) >= 11 is 1.29. The Balaban J connectivity index is 2.35. The van der Waals surface area contributed by atoms with Gasteiger partial charge in [0.2, 0.25) is 0 Å². The quantitative estimate of drug-likeness (QED) is 0.476. The van der Waals surface area contributed by atoms with Crippen LogP contribution in [0.25, 0.3) is 0 Å². The molecule has 0 radical (unpaired) electrons. The van der Waals surface area contributed by atoms with E-state index in [4.69, 9.17) is 4.74 Å². The van der Waals surface area contributed by atoms with Crippen LogP contribution in [0, 0.1) is 17.0 Å². The number of nitrogens with zero attached hydrogens (tertiary/aromatic N) is 1. The van der Waals surface area contributed by atoms with Crippen molar-refractivity contribution >= 4 is 33.9 Å². The van der Waals surface area contributed by atoms with Gasteiger partial charge in [0.15, 0.2) is 0 Å². The normalized spacial score (nSPS) is 10.4. The van der Waals surface area contributed by atoms with Crippen molar-refractivity contribution in [1.29, 1.82) is 0 Å². The molecule has 1 amide bonds. The number of ether oxygens (including phenoxy) is 1. The fourth-order valence-corrected chi connectivity index (χ4v) is 3.19. The Morgan fingerprint density at radius 3 is 2.56 bits per heavy atom. The lowest BCUT2D eigenvalue weighted by Crippen LogP contribution is -2.15. The van der Waals surface area contributed by atoms with Crippen LogP contribution in [0.2, 0.25) is 0 Å². The van der Waals surface area contributed by atoms with Gasteiger partial charge in [-0.15, -0.1) is 11.3 Å². The number of aryl methyl sites for hydroxylation is 2. The third-order valence-corrected chi connectivity index (χ3v) is 4.73. The van der Waals surface area contributed by atoms with Gasteiger partial charge in [-0.05, 0) is 31.9 Å².